The molecule has 0 amide bonds. The normalized spacial score (nSPS) is 12.3. The highest BCUT2D eigenvalue weighted by atomic mass is 32.2. The molecule has 0 aliphatic carbocycles. The van der Waals surface area contributed by atoms with Crippen LogP contribution in [0.5, 0.6) is 0 Å². The molecule has 0 aliphatic heterocycles. The first-order valence-electron chi connectivity index (χ1n) is 6.01. The quantitative estimate of drug-likeness (QED) is 0.866. The molecule has 0 bridgehead atoms. The van der Waals surface area contributed by atoms with E-state index in [1.54, 1.807) is 26.0 Å². The summed E-state index contributed by atoms with van der Waals surface area (Å²) in [4.78, 5) is -1.27. The zero-order valence-electron chi connectivity index (χ0n) is 11.4. The number of hydrogen-bond acceptors (Lipinski definition) is 4. The van der Waals surface area contributed by atoms with Crippen LogP contribution in [0, 0.1) is 13.8 Å². The van der Waals surface area contributed by atoms with Crippen LogP contribution in [0.4, 0.5) is 0 Å². The van der Waals surface area contributed by atoms with E-state index in [4.69, 9.17) is 0 Å². The number of sulfone groups is 1. The van der Waals surface area contributed by atoms with Gasteiger partial charge in [0.05, 0.1) is 9.79 Å². The largest absolute Gasteiger partial charge is 0.325 e. The minimum atomic E-state index is -4.88. The molecule has 1 radical (unpaired) electrons. The number of rotatable bonds is 3. The molecule has 0 aliphatic rings. The van der Waals surface area contributed by atoms with Crippen molar-refractivity contribution < 1.29 is 21.4 Å². The van der Waals surface area contributed by atoms with Crippen molar-refractivity contribution in [3.8, 4) is 0 Å². The Morgan fingerprint density at radius 3 is 1.76 bits per heavy atom. The van der Waals surface area contributed by atoms with Crippen molar-refractivity contribution in [1.82, 2.24) is 0 Å². The standard InChI is InChI=1S/C14H13O5S2/c1-10-3-6-12(7-4-10)20(15,16)14-9-11(2)5-8-13(14)21(17,18)19/h3-9H,1-2H3. The van der Waals surface area contributed by atoms with E-state index in [-0.39, 0.29) is 4.90 Å². The fourth-order valence-corrected chi connectivity index (χ4v) is 4.47. The van der Waals surface area contributed by atoms with Crippen molar-refractivity contribution in [3.63, 3.8) is 0 Å². The Morgan fingerprint density at radius 1 is 0.714 bits per heavy atom. The molecule has 21 heavy (non-hydrogen) atoms. The lowest BCUT2D eigenvalue weighted by molar-refractivity contribution is 0.412. The lowest BCUT2D eigenvalue weighted by Gasteiger charge is -2.09. The van der Waals surface area contributed by atoms with Crippen LogP contribution in [0.3, 0.4) is 0 Å². The van der Waals surface area contributed by atoms with Gasteiger partial charge < -0.3 is 0 Å². The zero-order chi connectivity index (χ0) is 15.8. The second-order valence-corrected chi connectivity index (χ2v) is 7.99. The zero-order valence-corrected chi connectivity index (χ0v) is 13.0. The van der Waals surface area contributed by atoms with Gasteiger partial charge in [-0.2, -0.15) is 8.42 Å². The van der Waals surface area contributed by atoms with E-state index in [1.165, 1.54) is 24.3 Å². The first-order chi connectivity index (χ1) is 9.62. The second kappa shape index (κ2) is 5.25. The van der Waals surface area contributed by atoms with Gasteiger partial charge in [-0.05, 0) is 43.7 Å². The third kappa shape index (κ3) is 3.15. The predicted molar refractivity (Wildman–Crippen MR) is 75.7 cm³/mol. The molecule has 0 saturated carbocycles. The predicted octanol–water partition coefficient (Wildman–Crippen LogP) is 2.26. The molecule has 2 aromatic carbocycles. The van der Waals surface area contributed by atoms with Gasteiger partial charge in [-0.15, -0.1) is 0 Å². The molecule has 0 atom stereocenters. The Balaban J connectivity index is 2.76. The number of hydrogen-bond donors (Lipinski definition) is 0. The van der Waals surface area contributed by atoms with E-state index >= 15 is 0 Å². The molecule has 7 heteroatoms. The van der Waals surface area contributed by atoms with Crippen LogP contribution < -0.4 is 0 Å². The highest BCUT2D eigenvalue weighted by Crippen LogP contribution is 2.28. The second-order valence-electron chi connectivity index (χ2n) is 4.72. The van der Waals surface area contributed by atoms with E-state index in [0.717, 1.165) is 11.6 Å². The van der Waals surface area contributed by atoms with Gasteiger partial charge in [0.1, 0.15) is 4.90 Å². The van der Waals surface area contributed by atoms with Crippen molar-refractivity contribution in [3.05, 3.63) is 53.6 Å². The van der Waals surface area contributed by atoms with Crippen LogP contribution in [0.25, 0.3) is 0 Å². The average Bonchev–Trinajstić information content (AvgIpc) is 2.37. The summed E-state index contributed by atoms with van der Waals surface area (Å²) < 4.78 is 59.0. The maximum absolute atomic E-state index is 12.6. The lowest BCUT2D eigenvalue weighted by Crippen LogP contribution is -2.09. The van der Waals surface area contributed by atoms with E-state index < -0.39 is 29.7 Å². The highest BCUT2D eigenvalue weighted by molar-refractivity contribution is 7.92. The van der Waals surface area contributed by atoms with Gasteiger partial charge in [0, 0.05) is 0 Å². The van der Waals surface area contributed by atoms with Crippen LogP contribution in [0.1, 0.15) is 11.1 Å². The van der Waals surface area contributed by atoms with Crippen LogP contribution in [-0.4, -0.2) is 16.8 Å². The number of benzene rings is 2. The minimum Gasteiger partial charge on any atom is -0.218 e. The Hall–Kier alpha value is -1.70. The molecule has 111 valence electrons. The van der Waals surface area contributed by atoms with E-state index in [2.05, 4.69) is 0 Å². The van der Waals surface area contributed by atoms with Crippen LogP contribution in [0.2, 0.25) is 0 Å². The fraction of sp³-hybridized carbons (Fsp3) is 0.143. The molecular weight excluding hydrogens is 312 g/mol. The van der Waals surface area contributed by atoms with Crippen LogP contribution in [0.15, 0.2) is 57.2 Å². The first-order valence-corrected chi connectivity index (χ1v) is 8.90. The third-order valence-corrected chi connectivity index (χ3v) is 5.82. The smallest absolute Gasteiger partial charge is 0.218 e. The summed E-state index contributed by atoms with van der Waals surface area (Å²) in [5, 5.41) is 0. The molecule has 0 N–H and O–H groups in total. The molecule has 0 saturated heterocycles. The van der Waals surface area contributed by atoms with Gasteiger partial charge in [0.15, 0.2) is 0 Å². The maximum Gasteiger partial charge on any atom is 0.325 e. The minimum absolute atomic E-state index is 0.0522. The Kier molecular flexibility index (Phi) is 3.92. The topological polar surface area (TPSA) is 88.2 Å². The molecule has 2 aromatic rings. The van der Waals surface area contributed by atoms with E-state index in [1.807, 2.05) is 0 Å². The van der Waals surface area contributed by atoms with Gasteiger partial charge in [0.2, 0.25) is 9.84 Å². The van der Waals surface area contributed by atoms with Crippen molar-refractivity contribution in [1.29, 1.82) is 0 Å². The van der Waals surface area contributed by atoms with Gasteiger partial charge in [-0.1, -0.05) is 28.3 Å². The molecule has 0 unspecified atom stereocenters. The summed E-state index contributed by atoms with van der Waals surface area (Å²) in [5.41, 5.74) is 1.42. The number of aryl methyl sites for hydroxylation is 2. The van der Waals surface area contributed by atoms with Gasteiger partial charge in [-0.3, -0.25) is 0 Å². The molecule has 0 spiro atoms. The molecule has 0 aromatic heterocycles. The molecule has 2 rings (SSSR count). The van der Waals surface area contributed by atoms with Gasteiger partial charge in [-0.25, -0.2) is 8.42 Å². The Morgan fingerprint density at radius 2 is 1.24 bits per heavy atom. The molecule has 0 heterocycles. The van der Waals surface area contributed by atoms with Crippen molar-refractivity contribution in [2.45, 2.75) is 28.5 Å². The summed E-state index contributed by atoms with van der Waals surface area (Å²) in [5.74, 6) is 0. The SMILES string of the molecule is Cc1ccc(S(=O)(=O)c2cc(C)ccc2S([O])(=O)=O)cc1. The fourth-order valence-electron chi connectivity index (χ4n) is 1.88. The summed E-state index contributed by atoms with van der Waals surface area (Å²) in [6, 6.07) is 9.59. The van der Waals surface area contributed by atoms with Crippen molar-refractivity contribution in [2.24, 2.45) is 0 Å². The Labute approximate surface area is 123 Å². The van der Waals surface area contributed by atoms with Crippen LogP contribution >= 0.6 is 0 Å². The van der Waals surface area contributed by atoms with Gasteiger partial charge >= 0.3 is 10.1 Å². The highest BCUT2D eigenvalue weighted by Gasteiger charge is 2.27. The molecule has 5 nitrogen and oxygen atoms in total. The third-order valence-electron chi connectivity index (χ3n) is 2.99. The average molecular weight is 325 g/mol. The summed E-state index contributed by atoms with van der Waals surface area (Å²) in [7, 11) is -8.95. The Bertz CT molecular complexity index is 879. The summed E-state index contributed by atoms with van der Waals surface area (Å²) >= 11 is 0. The molecular formula is C14H13O5S2. The summed E-state index contributed by atoms with van der Waals surface area (Å²) in [6.45, 7) is 3.42. The lowest BCUT2D eigenvalue weighted by atomic mass is 10.2. The van der Waals surface area contributed by atoms with Gasteiger partial charge in [0.25, 0.3) is 0 Å². The van der Waals surface area contributed by atoms with Crippen molar-refractivity contribution in [2.75, 3.05) is 0 Å². The maximum atomic E-state index is 12.6. The molecule has 0 fully saturated rings. The van der Waals surface area contributed by atoms with Crippen LogP contribution in [-0.2, 0) is 24.5 Å². The monoisotopic (exact) mass is 325 g/mol. The van der Waals surface area contributed by atoms with E-state index in [9.17, 15) is 21.4 Å². The summed E-state index contributed by atoms with van der Waals surface area (Å²) in [6.07, 6.45) is 0. The first kappa shape index (κ1) is 15.7. The van der Waals surface area contributed by atoms with Crippen molar-refractivity contribution >= 4 is 20.0 Å². The van der Waals surface area contributed by atoms with E-state index in [0.29, 0.717) is 5.56 Å².